The van der Waals surface area contributed by atoms with E-state index in [-0.39, 0.29) is 23.0 Å². The predicted molar refractivity (Wildman–Crippen MR) is 127 cm³/mol. The summed E-state index contributed by atoms with van der Waals surface area (Å²) in [6.07, 6.45) is 1.56. The van der Waals surface area contributed by atoms with Crippen molar-refractivity contribution in [3.8, 4) is 11.5 Å². The van der Waals surface area contributed by atoms with E-state index in [0.717, 1.165) is 12.8 Å². The predicted octanol–water partition coefficient (Wildman–Crippen LogP) is 4.83. The number of hydrogen-bond acceptors (Lipinski definition) is 7. The van der Waals surface area contributed by atoms with E-state index in [1.807, 2.05) is 0 Å². The number of methoxy groups -OCH3 is 2. The second-order valence-corrected chi connectivity index (χ2v) is 8.70. The van der Waals surface area contributed by atoms with Gasteiger partial charge in [-0.15, -0.1) is 10.2 Å². The summed E-state index contributed by atoms with van der Waals surface area (Å²) in [5, 5.41) is 15.3. The summed E-state index contributed by atoms with van der Waals surface area (Å²) >= 11 is 7.06. The van der Waals surface area contributed by atoms with Crippen molar-refractivity contribution in [2.75, 3.05) is 31.4 Å². The van der Waals surface area contributed by atoms with Crippen molar-refractivity contribution in [2.24, 2.45) is 0 Å². The Morgan fingerprint density at radius 3 is 2.61 bits per heavy atom. The highest BCUT2D eigenvalue weighted by Crippen LogP contribution is 2.35. The van der Waals surface area contributed by atoms with Gasteiger partial charge in [-0.05, 0) is 49.2 Å². The second-order valence-electron chi connectivity index (χ2n) is 7.25. The van der Waals surface area contributed by atoms with Gasteiger partial charge in [0.2, 0.25) is 5.01 Å². The number of likely N-dealkylation sites (tertiary alicyclic amines) is 1. The van der Waals surface area contributed by atoms with E-state index in [4.69, 9.17) is 21.1 Å². The van der Waals surface area contributed by atoms with Gasteiger partial charge in [0.1, 0.15) is 16.5 Å². The molecule has 0 saturated carbocycles. The number of ether oxygens (including phenoxy) is 2. The number of carbonyl (C=O) groups is 2. The SMILES string of the molecule is COc1ccc(NC(=O)N2CCC[C@@H]2c2nnc(C(=O)Nc3ccc(Cl)cc3)s2)c(OC)c1. The Morgan fingerprint density at radius 1 is 1.09 bits per heavy atom. The molecule has 0 spiro atoms. The molecular weight excluding hydrogens is 466 g/mol. The molecule has 4 rings (SSSR count). The quantitative estimate of drug-likeness (QED) is 0.516. The zero-order valence-electron chi connectivity index (χ0n) is 18.0. The Morgan fingerprint density at radius 2 is 1.88 bits per heavy atom. The Bertz CT molecular complexity index is 1150. The molecule has 1 aromatic heterocycles. The maximum Gasteiger partial charge on any atom is 0.322 e. The van der Waals surface area contributed by atoms with E-state index in [9.17, 15) is 9.59 Å². The molecule has 1 fully saturated rings. The molecule has 11 heteroatoms. The van der Waals surface area contributed by atoms with Crippen molar-refractivity contribution in [3.63, 3.8) is 0 Å². The molecule has 2 aromatic carbocycles. The maximum absolute atomic E-state index is 13.0. The zero-order chi connectivity index (χ0) is 23.4. The highest BCUT2D eigenvalue weighted by atomic mass is 35.5. The molecule has 1 aliphatic rings. The Balaban J connectivity index is 1.45. The molecule has 0 radical (unpaired) electrons. The van der Waals surface area contributed by atoms with Gasteiger partial charge < -0.3 is 25.0 Å². The number of amides is 3. The van der Waals surface area contributed by atoms with E-state index in [2.05, 4.69) is 20.8 Å². The third-order valence-corrected chi connectivity index (χ3v) is 6.46. The van der Waals surface area contributed by atoms with Gasteiger partial charge in [-0.25, -0.2) is 4.79 Å². The van der Waals surface area contributed by atoms with E-state index in [0.29, 0.717) is 39.4 Å². The van der Waals surface area contributed by atoms with Gasteiger partial charge in [-0.1, -0.05) is 22.9 Å². The maximum atomic E-state index is 13.0. The molecule has 3 aromatic rings. The molecule has 172 valence electrons. The Labute approximate surface area is 199 Å². The van der Waals surface area contributed by atoms with Crippen molar-refractivity contribution < 1.29 is 19.1 Å². The van der Waals surface area contributed by atoms with Gasteiger partial charge in [0.25, 0.3) is 5.91 Å². The Hall–Kier alpha value is -3.37. The van der Waals surface area contributed by atoms with Crippen LogP contribution in [-0.2, 0) is 0 Å². The van der Waals surface area contributed by atoms with Crippen LogP contribution in [0.3, 0.4) is 0 Å². The van der Waals surface area contributed by atoms with Crippen molar-refractivity contribution in [2.45, 2.75) is 18.9 Å². The normalized spacial score (nSPS) is 15.2. The van der Waals surface area contributed by atoms with Crippen LogP contribution in [0.15, 0.2) is 42.5 Å². The minimum Gasteiger partial charge on any atom is -0.497 e. The number of rotatable bonds is 6. The molecule has 1 aliphatic heterocycles. The monoisotopic (exact) mass is 487 g/mol. The summed E-state index contributed by atoms with van der Waals surface area (Å²) in [5.74, 6) is 0.760. The average molecular weight is 488 g/mol. The smallest absolute Gasteiger partial charge is 0.322 e. The summed E-state index contributed by atoms with van der Waals surface area (Å²) in [7, 11) is 3.09. The summed E-state index contributed by atoms with van der Waals surface area (Å²) in [6, 6.07) is 11.4. The number of nitrogens with one attached hydrogen (secondary N) is 2. The van der Waals surface area contributed by atoms with Crippen LogP contribution < -0.4 is 20.1 Å². The molecule has 0 aliphatic carbocycles. The molecule has 9 nitrogen and oxygen atoms in total. The number of benzene rings is 2. The third kappa shape index (κ3) is 5.18. The Kier molecular flexibility index (Phi) is 6.95. The van der Waals surface area contributed by atoms with Crippen LogP contribution in [-0.4, -0.2) is 47.8 Å². The lowest BCUT2D eigenvalue weighted by Gasteiger charge is -2.23. The number of aromatic nitrogens is 2. The van der Waals surface area contributed by atoms with Crippen molar-refractivity contribution >= 4 is 46.3 Å². The van der Waals surface area contributed by atoms with E-state index >= 15 is 0 Å². The third-order valence-electron chi connectivity index (χ3n) is 5.19. The van der Waals surface area contributed by atoms with Gasteiger partial charge in [-0.3, -0.25) is 4.79 Å². The summed E-state index contributed by atoms with van der Waals surface area (Å²) in [4.78, 5) is 27.3. The molecule has 0 unspecified atom stereocenters. The first-order valence-corrected chi connectivity index (χ1v) is 11.4. The minimum atomic E-state index is -0.363. The van der Waals surface area contributed by atoms with Gasteiger partial charge >= 0.3 is 6.03 Å². The largest absolute Gasteiger partial charge is 0.497 e. The number of nitrogens with zero attached hydrogens (tertiary/aromatic N) is 3. The highest BCUT2D eigenvalue weighted by molar-refractivity contribution is 7.13. The van der Waals surface area contributed by atoms with E-state index in [1.54, 1.807) is 54.5 Å². The van der Waals surface area contributed by atoms with Crippen LogP contribution >= 0.6 is 22.9 Å². The summed E-state index contributed by atoms with van der Waals surface area (Å²) in [6.45, 7) is 0.570. The average Bonchev–Trinajstić information content (AvgIpc) is 3.50. The first-order chi connectivity index (χ1) is 16.0. The zero-order valence-corrected chi connectivity index (χ0v) is 19.6. The number of urea groups is 1. The molecular formula is C22H22ClN5O4S. The number of anilines is 2. The van der Waals surface area contributed by atoms with Crippen LogP contribution in [0.1, 0.15) is 33.7 Å². The minimum absolute atomic E-state index is 0.226. The van der Waals surface area contributed by atoms with E-state index in [1.165, 1.54) is 18.4 Å². The summed E-state index contributed by atoms with van der Waals surface area (Å²) < 4.78 is 10.6. The van der Waals surface area contributed by atoms with Gasteiger partial charge in [0.05, 0.1) is 25.9 Å². The topological polar surface area (TPSA) is 106 Å². The highest BCUT2D eigenvalue weighted by Gasteiger charge is 2.33. The van der Waals surface area contributed by atoms with Crippen LogP contribution in [0.5, 0.6) is 11.5 Å². The summed E-state index contributed by atoms with van der Waals surface area (Å²) in [5.41, 5.74) is 1.14. The lowest BCUT2D eigenvalue weighted by atomic mass is 10.2. The van der Waals surface area contributed by atoms with Crippen molar-refractivity contribution in [1.29, 1.82) is 0 Å². The van der Waals surface area contributed by atoms with Gasteiger partial charge in [-0.2, -0.15) is 0 Å². The van der Waals surface area contributed by atoms with Crippen LogP contribution in [0.2, 0.25) is 5.02 Å². The van der Waals surface area contributed by atoms with Gasteiger partial charge in [0.15, 0.2) is 0 Å². The lowest BCUT2D eigenvalue weighted by molar-refractivity contribution is 0.102. The standard InChI is InChI=1S/C22H22ClN5O4S/c1-31-15-9-10-16(18(12-15)32-2)25-22(30)28-11-3-4-17(28)20-26-27-21(33-20)19(29)24-14-7-5-13(23)6-8-14/h5-10,12,17H,3-4,11H2,1-2H3,(H,24,29)(H,25,30)/t17-/m1/s1. The van der Waals surface area contributed by atoms with E-state index < -0.39 is 0 Å². The number of carbonyl (C=O) groups excluding carboxylic acids is 2. The lowest BCUT2D eigenvalue weighted by Crippen LogP contribution is -2.34. The fourth-order valence-corrected chi connectivity index (χ4v) is 4.55. The fraction of sp³-hybridized carbons (Fsp3) is 0.273. The van der Waals surface area contributed by atoms with Crippen molar-refractivity contribution in [1.82, 2.24) is 15.1 Å². The molecule has 2 heterocycles. The molecule has 1 saturated heterocycles. The van der Waals surface area contributed by atoms with Crippen LogP contribution in [0.4, 0.5) is 16.2 Å². The molecule has 3 amide bonds. The number of halogens is 1. The second kappa shape index (κ2) is 10.1. The first-order valence-electron chi connectivity index (χ1n) is 10.2. The number of hydrogen-bond donors (Lipinski definition) is 2. The molecule has 2 N–H and O–H groups in total. The van der Waals surface area contributed by atoms with Crippen LogP contribution in [0.25, 0.3) is 0 Å². The first kappa shape index (κ1) is 22.8. The molecule has 0 bridgehead atoms. The van der Waals surface area contributed by atoms with Crippen molar-refractivity contribution in [3.05, 3.63) is 57.5 Å². The van der Waals surface area contributed by atoms with Crippen LogP contribution in [0, 0.1) is 0 Å². The molecule has 33 heavy (non-hydrogen) atoms. The fourth-order valence-electron chi connectivity index (χ4n) is 3.53. The molecule has 1 atom stereocenters. The van der Waals surface area contributed by atoms with Gasteiger partial charge in [0, 0.05) is 23.3 Å².